The van der Waals surface area contributed by atoms with Crippen molar-refractivity contribution in [1.82, 2.24) is 4.98 Å². The maximum Gasteiger partial charge on any atom is 0.278 e. The average molecular weight is 230 g/mol. The largest absolute Gasteiger partial charge is 0.471 e. The van der Waals surface area contributed by atoms with Crippen molar-refractivity contribution < 1.29 is 13.5 Å². The number of nitrogens with two attached hydrogens (primary N) is 1. The van der Waals surface area contributed by atoms with E-state index in [1.165, 1.54) is 0 Å². The Kier molecular flexibility index (Phi) is 3.80. The molecule has 0 aliphatic rings. The monoisotopic (exact) mass is 230 g/mol. The summed E-state index contributed by atoms with van der Waals surface area (Å²) in [6.45, 7) is 3.72. The van der Waals surface area contributed by atoms with Crippen LogP contribution in [0.5, 0.6) is 5.88 Å². The lowest BCUT2D eigenvalue weighted by molar-refractivity contribution is -0.0244. The van der Waals surface area contributed by atoms with Gasteiger partial charge in [-0.25, -0.2) is 13.8 Å². The second-order valence-electron chi connectivity index (χ2n) is 4.04. The van der Waals surface area contributed by atoms with Crippen LogP contribution in [0.4, 0.5) is 8.78 Å². The number of hydrogen-bond acceptors (Lipinski definition) is 3. The highest BCUT2D eigenvalue weighted by Gasteiger charge is 2.22. The van der Waals surface area contributed by atoms with Crippen molar-refractivity contribution in [3.8, 4) is 5.88 Å². The quantitative estimate of drug-likeness (QED) is 0.864. The van der Waals surface area contributed by atoms with Gasteiger partial charge in [0, 0.05) is 24.7 Å². The lowest BCUT2D eigenvalue weighted by Gasteiger charge is -2.14. The van der Waals surface area contributed by atoms with Crippen LogP contribution in [0.3, 0.4) is 0 Å². The first kappa shape index (κ1) is 12.8. The molecule has 0 fully saturated rings. The SMILES string of the molecule is Cc1cc(C(C)N)cnc1OCC(C)(F)F. The molecule has 1 rings (SSSR count). The van der Waals surface area contributed by atoms with Gasteiger partial charge < -0.3 is 10.5 Å². The van der Waals surface area contributed by atoms with Crippen molar-refractivity contribution in [3.05, 3.63) is 23.4 Å². The summed E-state index contributed by atoms with van der Waals surface area (Å²) in [5, 5.41) is 0. The van der Waals surface area contributed by atoms with E-state index in [0.29, 0.717) is 5.56 Å². The van der Waals surface area contributed by atoms with Crippen LogP contribution in [0.15, 0.2) is 12.3 Å². The van der Waals surface area contributed by atoms with Gasteiger partial charge in [0.2, 0.25) is 5.88 Å². The topological polar surface area (TPSA) is 48.1 Å². The van der Waals surface area contributed by atoms with E-state index in [0.717, 1.165) is 12.5 Å². The molecule has 0 bridgehead atoms. The zero-order valence-corrected chi connectivity index (χ0v) is 9.63. The maximum atomic E-state index is 12.6. The molecule has 0 saturated carbocycles. The van der Waals surface area contributed by atoms with Gasteiger partial charge in [0.25, 0.3) is 5.92 Å². The third kappa shape index (κ3) is 3.73. The summed E-state index contributed by atoms with van der Waals surface area (Å²) < 4.78 is 30.1. The highest BCUT2D eigenvalue weighted by molar-refractivity contribution is 5.29. The van der Waals surface area contributed by atoms with E-state index >= 15 is 0 Å². The number of rotatable bonds is 4. The van der Waals surface area contributed by atoms with Gasteiger partial charge in [0.05, 0.1) is 0 Å². The number of halogens is 2. The van der Waals surface area contributed by atoms with E-state index in [-0.39, 0.29) is 11.9 Å². The van der Waals surface area contributed by atoms with E-state index in [1.54, 1.807) is 19.2 Å². The standard InChI is InChI=1S/C11H16F2N2O/c1-7-4-9(8(2)14)5-15-10(7)16-6-11(3,12)13/h4-5,8H,6,14H2,1-3H3. The fourth-order valence-electron chi connectivity index (χ4n) is 1.18. The molecule has 1 aromatic rings. The van der Waals surface area contributed by atoms with E-state index < -0.39 is 12.5 Å². The Morgan fingerprint density at radius 2 is 2.19 bits per heavy atom. The Labute approximate surface area is 93.6 Å². The number of hydrogen-bond donors (Lipinski definition) is 1. The van der Waals surface area contributed by atoms with Crippen LogP contribution in [-0.2, 0) is 0 Å². The summed E-state index contributed by atoms with van der Waals surface area (Å²) >= 11 is 0. The van der Waals surface area contributed by atoms with Crippen molar-refractivity contribution >= 4 is 0 Å². The molecular formula is C11H16F2N2O. The van der Waals surface area contributed by atoms with Crippen LogP contribution in [0.2, 0.25) is 0 Å². The number of nitrogens with zero attached hydrogens (tertiary/aromatic N) is 1. The van der Waals surface area contributed by atoms with Gasteiger partial charge in [0.15, 0.2) is 6.61 Å². The fraction of sp³-hybridized carbons (Fsp3) is 0.545. The van der Waals surface area contributed by atoms with E-state index in [1.807, 2.05) is 6.92 Å². The maximum absolute atomic E-state index is 12.6. The van der Waals surface area contributed by atoms with Crippen LogP contribution in [0.25, 0.3) is 0 Å². The summed E-state index contributed by atoms with van der Waals surface area (Å²) in [4.78, 5) is 3.97. The number of ether oxygens (including phenoxy) is 1. The molecular weight excluding hydrogens is 214 g/mol. The second kappa shape index (κ2) is 4.74. The Morgan fingerprint density at radius 3 is 2.62 bits per heavy atom. The predicted octanol–water partition coefficient (Wildman–Crippen LogP) is 2.44. The van der Waals surface area contributed by atoms with E-state index in [4.69, 9.17) is 10.5 Å². The van der Waals surface area contributed by atoms with Crippen molar-refractivity contribution in [1.29, 1.82) is 0 Å². The lowest BCUT2D eigenvalue weighted by atomic mass is 10.1. The minimum Gasteiger partial charge on any atom is -0.471 e. The molecule has 0 aromatic carbocycles. The lowest BCUT2D eigenvalue weighted by Crippen LogP contribution is -2.21. The highest BCUT2D eigenvalue weighted by atomic mass is 19.3. The van der Waals surface area contributed by atoms with Crippen molar-refractivity contribution in [3.63, 3.8) is 0 Å². The van der Waals surface area contributed by atoms with E-state index in [9.17, 15) is 8.78 Å². The fourth-order valence-corrected chi connectivity index (χ4v) is 1.18. The minimum absolute atomic E-state index is 0.132. The molecule has 1 aromatic heterocycles. The Balaban J connectivity index is 2.76. The van der Waals surface area contributed by atoms with Crippen LogP contribution in [0, 0.1) is 6.92 Å². The summed E-state index contributed by atoms with van der Waals surface area (Å²) in [7, 11) is 0. The third-order valence-corrected chi connectivity index (χ3v) is 2.04. The third-order valence-electron chi connectivity index (χ3n) is 2.04. The molecule has 5 heteroatoms. The molecule has 90 valence electrons. The zero-order valence-electron chi connectivity index (χ0n) is 9.63. The molecule has 2 N–H and O–H groups in total. The highest BCUT2D eigenvalue weighted by Crippen LogP contribution is 2.20. The molecule has 16 heavy (non-hydrogen) atoms. The average Bonchev–Trinajstić information content (AvgIpc) is 2.14. The summed E-state index contributed by atoms with van der Waals surface area (Å²) in [6, 6.07) is 1.66. The second-order valence-corrected chi connectivity index (χ2v) is 4.04. The molecule has 0 amide bonds. The first-order valence-corrected chi connectivity index (χ1v) is 5.02. The molecule has 1 atom stereocenters. The van der Waals surface area contributed by atoms with Gasteiger partial charge in [-0.3, -0.25) is 0 Å². The minimum atomic E-state index is -2.85. The molecule has 0 radical (unpaired) electrons. The first-order valence-electron chi connectivity index (χ1n) is 5.02. The van der Waals surface area contributed by atoms with Crippen LogP contribution in [0.1, 0.15) is 31.0 Å². The Hall–Kier alpha value is -1.23. The number of pyridine rings is 1. The van der Waals surface area contributed by atoms with Gasteiger partial charge in [-0.15, -0.1) is 0 Å². The summed E-state index contributed by atoms with van der Waals surface area (Å²) in [5.41, 5.74) is 7.24. The Bertz CT molecular complexity index is 361. The van der Waals surface area contributed by atoms with Crippen molar-refractivity contribution in [2.45, 2.75) is 32.7 Å². The normalized spacial score (nSPS) is 13.6. The number of aromatic nitrogens is 1. The first-order chi connectivity index (χ1) is 7.29. The number of aryl methyl sites for hydroxylation is 1. The van der Waals surface area contributed by atoms with Gasteiger partial charge in [0.1, 0.15) is 0 Å². The summed E-state index contributed by atoms with van der Waals surface area (Å²) in [5.74, 6) is -2.63. The van der Waals surface area contributed by atoms with Gasteiger partial charge in [-0.05, 0) is 25.5 Å². The van der Waals surface area contributed by atoms with Crippen LogP contribution >= 0.6 is 0 Å². The molecule has 3 nitrogen and oxygen atoms in total. The smallest absolute Gasteiger partial charge is 0.278 e. The molecule has 0 saturated heterocycles. The summed E-state index contributed by atoms with van der Waals surface area (Å²) in [6.07, 6.45) is 1.54. The van der Waals surface area contributed by atoms with Gasteiger partial charge >= 0.3 is 0 Å². The van der Waals surface area contributed by atoms with Crippen LogP contribution < -0.4 is 10.5 Å². The molecule has 0 aliphatic carbocycles. The molecule has 0 spiro atoms. The van der Waals surface area contributed by atoms with Gasteiger partial charge in [-0.2, -0.15) is 0 Å². The van der Waals surface area contributed by atoms with E-state index in [2.05, 4.69) is 4.98 Å². The molecule has 1 heterocycles. The Morgan fingerprint density at radius 1 is 1.56 bits per heavy atom. The van der Waals surface area contributed by atoms with Crippen molar-refractivity contribution in [2.24, 2.45) is 5.73 Å². The predicted molar refractivity (Wildman–Crippen MR) is 57.7 cm³/mol. The van der Waals surface area contributed by atoms with Gasteiger partial charge in [-0.1, -0.05) is 0 Å². The van der Waals surface area contributed by atoms with Crippen molar-refractivity contribution in [2.75, 3.05) is 6.61 Å². The number of alkyl halides is 2. The zero-order chi connectivity index (χ0) is 12.3. The molecule has 0 aliphatic heterocycles. The van der Waals surface area contributed by atoms with Crippen LogP contribution in [-0.4, -0.2) is 17.5 Å². The molecule has 1 unspecified atom stereocenters.